The zero-order chi connectivity index (χ0) is 14.8. The van der Waals surface area contributed by atoms with Crippen LogP contribution in [0.15, 0.2) is 59.5 Å². The summed E-state index contributed by atoms with van der Waals surface area (Å²) in [5.74, 6) is -1.03. The number of amides is 1. The third kappa shape index (κ3) is 2.53. The predicted octanol–water partition coefficient (Wildman–Crippen LogP) is 2.92. The highest BCUT2D eigenvalue weighted by atomic mass is 19.1. The molecule has 2 N–H and O–H groups in total. The first-order chi connectivity index (χ1) is 10.1. The van der Waals surface area contributed by atoms with Crippen molar-refractivity contribution in [2.24, 2.45) is 0 Å². The first-order valence-electron chi connectivity index (χ1n) is 6.32. The molecule has 5 heteroatoms. The smallest absolute Gasteiger partial charge is 0.261 e. The summed E-state index contributed by atoms with van der Waals surface area (Å²) in [4.78, 5) is 27.3. The molecule has 3 aromatic rings. The maximum Gasteiger partial charge on any atom is 0.261 e. The van der Waals surface area contributed by atoms with Crippen LogP contribution in [0, 0.1) is 5.82 Å². The summed E-state index contributed by atoms with van der Waals surface area (Å²) in [6.07, 6.45) is 1.36. The van der Waals surface area contributed by atoms with E-state index in [9.17, 15) is 14.0 Å². The van der Waals surface area contributed by atoms with Crippen LogP contribution in [0.4, 0.5) is 10.1 Å². The van der Waals surface area contributed by atoms with Crippen molar-refractivity contribution in [1.82, 2.24) is 4.98 Å². The number of para-hydroxylation sites is 1. The standard InChI is InChI=1S/C16H11FN2O2/c17-10-4-3-5-11(8-10)19-16(21)13-9-18-14-7-2-1-6-12(14)15(13)20/h1-9H,(H,18,20)(H,19,21). The zero-order valence-electron chi connectivity index (χ0n) is 10.9. The van der Waals surface area contributed by atoms with E-state index >= 15 is 0 Å². The van der Waals surface area contributed by atoms with Crippen molar-refractivity contribution in [1.29, 1.82) is 0 Å². The minimum Gasteiger partial charge on any atom is -0.360 e. The van der Waals surface area contributed by atoms with Gasteiger partial charge in [0.25, 0.3) is 5.91 Å². The van der Waals surface area contributed by atoms with Crippen molar-refractivity contribution in [2.45, 2.75) is 0 Å². The summed E-state index contributed by atoms with van der Waals surface area (Å²) in [5.41, 5.74) is 0.577. The summed E-state index contributed by atoms with van der Waals surface area (Å²) in [7, 11) is 0. The number of pyridine rings is 1. The van der Waals surface area contributed by atoms with Gasteiger partial charge in [-0.2, -0.15) is 0 Å². The summed E-state index contributed by atoms with van der Waals surface area (Å²) < 4.78 is 13.1. The van der Waals surface area contributed by atoms with Crippen LogP contribution < -0.4 is 10.7 Å². The van der Waals surface area contributed by atoms with E-state index in [1.807, 2.05) is 0 Å². The first kappa shape index (κ1) is 13.1. The lowest BCUT2D eigenvalue weighted by atomic mass is 10.1. The number of nitrogens with one attached hydrogen (secondary N) is 2. The number of aromatic amines is 1. The molecule has 1 amide bonds. The Hall–Kier alpha value is -2.95. The fraction of sp³-hybridized carbons (Fsp3) is 0. The van der Waals surface area contributed by atoms with Crippen LogP contribution in [0.5, 0.6) is 0 Å². The van der Waals surface area contributed by atoms with E-state index in [1.165, 1.54) is 24.4 Å². The Kier molecular flexibility index (Phi) is 3.23. The summed E-state index contributed by atoms with van der Waals surface area (Å²) in [6, 6.07) is 12.4. The molecule has 0 aliphatic carbocycles. The Balaban J connectivity index is 1.99. The first-order valence-corrected chi connectivity index (χ1v) is 6.32. The zero-order valence-corrected chi connectivity index (χ0v) is 10.9. The van der Waals surface area contributed by atoms with Gasteiger partial charge in [0, 0.05) is 22.8 Å². The van der Waals surface area contributed by atoms with E-state index in [2.05, 4.69) is 10.3 Å². The van der Waals surface area contributed by atoms with Gasteiger partial charge in [0.15, 0.2) is 0 Å². The van der Waals surface area contributed by atoms with Gasteiger partial charge in [-0.15, -0.1) is 0 Å². The van der Waals surface area contributed by atoms with E-state index in [0.717, 1.165) is 0 Å². The molecule has 3 rings (SSSR count). The Labute approximate surface area is 119 Å². The second-order valence-corrected chi connectivity index (χ2v) is 4.54. The lowest BCUT2D eigenvalue weighted by molar-refractivity contribution is 0.102. The summed E-state index contributed by atoms with van der Waals surface area (Å²) in [6.45, 7) is 0. The number of H-pyrrole nitrogens is 1. The maximum absolute atomic E-state index is 13.1. The number of hydrogen-bond donors (Lipinski definition) is 2. The predicted molar refractivity (Wildman–Crippen MR) is 78.9 cm³/mol. The molecule has 0 fully saturated rings. The quantitative estimate of drug-likeness (QED) is 0.759. The molecule has 0 bridgehead atoms. The number of rotatable bonds is 2. The fourth-order valence-electron chi connectivity index (χ4n) is 2.10. The number of aromatic nitrogens is 1. The second kappa shape index (κ2) is 5.20. The molecular weight excluding hydrogens is 271 g/mol. The number of carbonyl (C=O) groups is 1. The van der Waals surface area contributed by atoms with Crippen molar-refractivity contribution in [3.8, 4) is 0 Å². The van der Waals surface area contributed by atoms with E-state index in [-0.39, 0.29) is 11.0 Å². The Morgan fingerprint density at radius 1 is 1.10 bits per heavy atom. The van der Waals surface area contributed by atoms with E-state index in [1.54, 1.807) is 30.3 Å². The van der Waals surface area contributed by atoms with E-state index in [0.29, 0.717) is 16.6 Å². The topological polar surface area (TPSA) is 62.0 Å². The van der Waals surface area contributed by atoms with Gasteiger partial charge in [0.05, 0.1) is 0 Å². The van der Waals surface area contributed by atoms with Crippen LogP contribution in [0.1, 0.15) is 10.4 Å². The molecule has 2 aromatic carbocycles. The van der Waals surface area contributed by atoms with Crippen molar-refractivity contribution in [2.75, 3.05) is 5.32 Å². The molecule has 0 unspecified atom stereocenters. The van der Waals surface area contributed by atoms with Crippen molar-refractivity contribution >= 4 is 22.5 Å². The lowest BCUT2D eigenvalue weighted by Crippen LogP contribution is -2.21. The number of fused-ring (bicyclic) bond motifs is 1. The molecular formula is C16H11FN2O2. The highest BCUT2D eigenvalue weighted by Gasteiger charge is 2.13. The van der Waals surface area contributed by atoms with E-state index < -0.39 is 11.7 Å². The normalized spacial score (nSPS) is 10.5. The molecule has 104 valence electrons. The van der Waals surface area contributed by atoms with Crippen LogP contribution in [-0.2, 0) is 0 Å². The number of carbonyl (C=O) groups excluding carboxylic acids is 1. The Morgan fingerprint density at radius 2 is 1.90 bits per heavy atom. The van der Waals surface area contributed by atoms with Crippen LogP contribution in [0.3, 0.4) is 0 Å². The largest absolute Gasteiger partial charge is 0.360 e. The highest BCUT2D eigenvalue weighted by Crippen LogP contribution is 2.11. The molecule has 0 spiro atoms. The van der Waals surface area contributed by atoms with Crippen LogP contribution in [0.2, 0.25) is 0 Å². The van der Waals surface area contributed by atoms with Gasteiger partial charge >= 0.3 is 0 Å². The number of benzene rings is 2. The van der Waals surface area contributed by atoms with Gasteiger partial charge in [-0.1, -0.05) is 18.2 Å². The lowest BCUT2D eigenvalue weighted by Gasteiger charge is -2.06. The van der Waals surface area contributed by atoms with Crippen molar-refractivity contribution in [3.05, 3.63) is 76.3 Å². The summed E-state index contributed by atoms with van der Waals surface area (Å²) >= 11 is 0. The van der Waals surface area contributed by atoms with E-state index in [4.69, 9.17) is 0 Å². The van der Waals surface area contributed by atoms with Gasteiger partial charge in [-0.3, -0.25) is 9.59 Å². The van der Waals surface area contributed by atoms with Gasteiger partial charge in [-0.05, 0) is 30.3 Å². The fourth-order valence-corrected chi connectivity index (χ4v) is 2.10. The molecule has 0 aliphatic heterocycles. The molecule has 0 radical (unpaired) electrons. The molecule has 0 atom stereocenters. The van der Waals surface area contributed by atoms with Gasteiger partial charge < -0.3 is 10.3 Å². The highest BCUT2D eigenvalue weighted by molar-refractivity contribution is 6.05. The monoisotopic (exact) mass is 282 g/mol. The molecule has 21 heavy (non-hydrogen) atoms. The average molecular weight is 282 g/mol. The van der Waals surface area contributed by atoms with Gasteiger partial charge in [-0.25, -0.2) is 4.39 Å². The van der Waals surface area contributed by atoms with Crippen LogP contribution in [-0.4, -0.2) is 10.9 Å². The average Bonchev–Trinajstić information content (AvgIpc) is 2.48. The molecule has 0 saturated heterocycles. The van der Waals surface area contributed by atoms with Gasteiger partial charge in [0.1, 0.15) is 11.4 Å². The van der Waals surface area contributed by atoms with Crippen LogP contribution >= 0.6 is 0 Å². The SMILES string of the molecule is O=C(Nc1cccc(F)c1)c1c[nH]c2ccccc2c1=O. The third-order valence-corrected chi connectivity index (χ3v) is 3.12. The van der Waals surface area contributed by atoms with Gasteiger partial charge in [0.2, 0.25) is 5.43 Å². The minimum absolute atomic E-state index is 0.0158. The molecule has 1 heterocycles. The Morgan fingerprint density at radius 3 is 2.71 bits per heavy atom. The second-order valence-electron chi connectivity index (χ2n) is 4.54. The Bertz CT molecular complexity index is 887. The summed E-state index contributed by atoms with van der Waals surface area (Å²) in [5, 5.41) is 2.94. The van der Waals surface area contributed by atoms with Crippen molar-refractivity contribution in [3.63, 3.8) is 0 Å². The molecule has 0 saturated carbocycles. The number of hydrogen-bond acceptors (Lipinski definition) is 2. The third-order valence-electron chi connectivity index (χ3n) is 3.12. The minimum atomic E-state index is -0.576. The molecule has 1 aromatic heterocycles. The van der Waals surface area contributed by atoms with Crippen molar-refractivity contribution < 1.29 is 9.18 Å². The molecule has 4 nitrogen and oxygen atoms in total. The number of halogens is 1. The maximum atomic E-state index is 13.1. The number of anilines is 1. The van der Waals surface area contributed by atoms with Crippen LogP contribution in [0.25, 0.3) is 10.9 Å². The molecule has 0 aliphatic rings.